The highest BCUT2D eigenvalue weighted by atomic mass is 16.5. The largest absolute Gasteiger partial charge is 0.494 e. The third-order valence-corrected chi connectivity index (χ3v) is 3.25. The minimum Gasteiger partial charge on any atom is -0.494 e. The molecule has 1 aromatic carbocycles. The van der Waals surface area contributed by atoms with Crippen LogP contribution in [-0.2, 0) is 17.9 Å². The predicted octanol–water partition coefficient (Wildman–Crippen LogP) is 2.69. The van der Waals surface area contributed by atoms with Gasteiger partial charge < -0.3 is 14.4 Å². The lowest BCUT2D eigenvalue weighted by Crippen LogP contribution is -2.31. The molecule has 0 bridgehead atoms. The second-order valence-electron chi connectivity index (χ2n) is 5.19. The van der Waals surface area contributed by atoms with Crippen molar-refractivity contribution < 1.29 is 14.3 Å². The van der Waals surface area contributed by atoms with Gasteiger partial charge in [-0.2, -0.15) is 0 Å². The molecule has 0 fully saturated rings. The summed E-state index contributed by atoms with van der Waals surface area (Å²) in [5.41, 5.74) is 1.72. The third kappa shape index (κ3) is 5.20. The molecule has 0 unspecified atom stereocenters. The molecule has 1 N–H and O–H groups in total. The first kappa shape index (κ1) is 17.7. The number of urea groups is 1. The molecule has 1 heterocycles. The summed E-state index contributed by atoms with van der Waals surface area (Å²) in [6, 6.07) is 9.11. The first-order valence-corrected chi connectivity index (χ1v) is 7.66. The van der Waals surface area contributed by atoms with Gasteiger partial charge in [0.1, 0.15) is 17.9 Å². The average Bonchev–Trinajstić information content (AvgIpc) is 2.57. The highest BCUT2D eigenvalue weighted by Gasteiger charge is 2.11. The maximum Gasteiger partial charge on any atom is 0.323 e. The molecule has 0 radical (unpaired) electrons. The Morgan fingerprint density at radius 2 is 2.00 bits per heavy atom. The molecular formula is C17H22N4O3. The van der Waals surface area contributed by atoms with E-state index in [-0.39, 0.29) is 6.03 Å². The normalized spacial score (nSPS) is 10.3. The highest BCUT2D eigenvalue weighted by molar-refractivity contribution is 5.88. The summed E-state index contributed by atoms with van der Waals surface area (Å²) in [5.74, 6) is 1.26. The molecule has 0 saturated heterocycles. The van der Waals surface area contributed by atoms with E-state index in [2.05, 4.69) is 15.3 Å². The molecule has 1 aromatic heterocycles. The number of carbonyl (C=O) groups excluding carboxylic acids is 1. The Morgan fingerprint density at radius 3 is 2.67 bits per heavy atom. The summed E-state index contributed by atoms with van der Waals surface area (Å²) >= 11 is 0. The Balaban J connectivity index is 1.93. The highest BCUT2D eigenvalue weighted by Crippen LogP contribution is 2.14. The van der Waals surface area contributed by atoms with Crippen LogP contribution in [0.1, 0.15) is 18.2 Å². The van der Waals surface area contributed by atoms with E-state index in [4.69, 9.17) is 9.47 Å². The molecule has 2 aromatic rings. The molecule has 0 aliphatic carbocycles. The fraction of sp³-hybridized carbons (Fsp3) is 0.353. The van der Waals surface area contributed by atoms with Crippen LogP contribution in [0.3, 0.4) is 0 Å². The summed E-state index contributed by atoms with van der Waals surface area (Å²) < 4.78 is 10.4. The summed E-state index contributed by atoms with van der Waals surface area (Å²) in [7, 11) is 3.31. The molecule has 7 nitrogen and oxygen atoms in total. The second kappa shape index (κ2) is 8.83. The van der Waals surface area contributed by atoms with Crippen LogP contribution in [0.5, 0.6) is 5.75 Å². The maximum atomic E-state index is 12.3. The van der Waals surface area contributed by atoms with Crippen LogP contribution < -0.4 is 10.1 Å². The van der Waals surface area contributed by atoms with Crippen LogP contribution in [-0.4, -0.2) is 41.7 Å². The topological polar surface area (TPSA) is 76.6 Å². The summed E-state index contributed by atoms with van der Waals surface area (Å²) in [4.78, 5) is 21.9. The van der Waals surface area contributed by atoms with Gasteiger partial charge in [-0.1, -0.05) is 12.1 Å². The van der Waals surface area contributed by atoms with Crippen molar-refractivity contribution in [1.82, 2.24) is 14.9 Å². The van der Waals surface area contributed by atoms with Gasteiger partial charge in [-0.15, -0.1) is 0 Å². The van der Waals surface area contributed by atoms with Crippen LogP contribution in [0.4, 0.5) is 10.6 Å². The van der Waals surface area contributed by atoms with Crippen molar-refractivity contribution in [2.75, 3.05) is 26.1 Å². The zero-order valence-corrected chi connectivity index (χ0v) is 14.2. The number of nitrogens with zero attached hydrogens (tertiary/aromatic N) is 3. The monoisotopic (exact) mass is 330 g/mol. The molecule has 128 valence electrons. The van der Waals surface area contributed by atoms with Crippen molar-refractivity contribution in [2.24, 2.45) is 0 Å². The smallest absolute Gasteiger partial charge is 0.323 e. The molecule has 0 spiro atoms. The van der Waals surface area contributed by atoms with Gasteiger partial charge in [0.25, 0.3) is 0 Å². The number of rotatable bonds is 7. The Labute approximate surface area is 141 Å². The molecule has 2 amide bonds. The van der Waals surface area contributed by atoms with E-state index in [1.54, 1.807) is 25.1 Å². The van der Waals surface area contributed by atoms with E-state index >= 15 is 0 Å². The lowest BCUT2D eigenvalue weighted by molar-refractivity contribution is 0.181. The van der Waals surface area contributed by atoms with E-state index in [9.17, 15) is 4.79 Å². The quantitative estimate of drug-likeness (QED) is 0.844. The zero-order valence-electron chi connectivity index (χ0n) is 14.2. The number of methoxy groups -OCH3 is 1. The molecule has 7 heteroatoms. The molecule has 0 saturated carbocycles. The first-order valence-electron chi connectivity index (χ1n) is 7.66. The van der Waals surface area contributed by atoms with Gasteiger partial charge in [0, 0.05) is 26.8 Å². The number of benzene rings is 1. The number of ether oxygens (including phenoxy) is 2. The fourth-order valence-corrected chi connectivity index (χ4v) is 2.10. The second-order valence-corrected chi connectivity index (χ2v) is 5.19. The number of anilines is 1. The van der Waals surface area contributed by atoms with Gasteiger partial charge in [-0.05, 0) is 24.6 Å². The van der Waals surface area contributed by atoms with E-state index in [0.29, 0.717) is 31.3 Å². The van der Waals surface area contributed by atoms with Crippen LogP contribution in [0.2, 0.25) is 0 Å². The lowest BCUT2D eigenvalue weighted by Gasteiger charge is -2.18. The fourth-order valence-electron chi connectivity index (χ4n) is 2.10. The van der Waals surface area contributed by atoms with E-state index in [1.807, 2.05) is 31.2 Å². The van der Waals surface area contributed by atoms with Crippen molar-refractivity contribution in [3.63, 3.8) is 0 Å². The minimum atomic E-state index is -0.244. The van der Waals surface area contributed by atoms with Crippen LogP contribution in [0, 0.1) is 0 Å². The van der Waals surface area contributed by atoms with Crippen LogP contribution in [0.25, 0.3) is 0 Å². The first-order chi connectivity index (χ1) is 11.6. The molecular weight excluding hydrogens is 308 g/mol. The van der Waals surface area contributed by atoms with E-state index in [1.165, 1.54) is 6.33 Å². The Hall–Kier alpha value is -2.67. The van der Waals surface area contributed by atoms with E-state index in [0.717, 1.165) is 11.3 Å². The van der Waals surface area contributed by atoms with Gasteiger partial charge in [0.05, 0.1) is 18.9 Å². The third-order valence-electron chi connectivity index (χ3n) is 3.25. The van der Waals surface area contributed by atoms with Crippen molar-refractivity contribution >= 4 is 11.8 Å². The minimum absolute atomic E-state index is 0.244. The molecule has 24 heavy (non-hydrogen) atoms. The number of nitrogens with one attached hydrogen (secondary N) is 1. The molecule has 0 aliphatic heterocycles. The van der Waals surface area contributed by atoms with Crippen molar-refractivity contribution in [3.05, 3.63) is 47.9 Å². The maximum absolute atomic E-state index is 12.3. The Kier molecular flexibility index (Phi) is 6.51. The summed E-state index contributed by atoms with van der Waals surface area (Å²) in [5, 5.41) is 2.75. The lowest BCUT2D eigenvalue weighted by atomic mass is 10.2. The van der Waals surface area contributed by atoms with Gasteiger partial charge in [-0.25, -0.2) is 14.8 Å². The number of hydrogen-bond acceptors (Lipinski definition) is 5. The van der Waals surface area contributed by atoms with E-state index < -0.39 is 0 Å². The van der Waals surface area contributed by atoms with Gasteiger partial charge in [0.2, 0.25) is 0 Å². The summed E-state index contributed by atoms with van der Waals surface area (Å²) in [6.07, 6.45) is 1.40. The zero-order chi connectivity index (χ0) is 17.4. The Bertz CT molecular complexity index is 661. The number of aromatic nitrogens is 2. The Morgan fingerprint density at radius 1 is 1.25 bits per heavy atom. The number of carbonyl (C=O) groups is 1. The van der Waals surface area contributed by atoms with Crippen LogP contribution in [0.15, 0.2) is 36.7 Å². The number of hydrogen-bond donors (Lipinski definition) is 1. The van der Waals surface area contributed by atoms with Crippen molar-refractivity contribution in [3.8, 4) is 5.75 Å². The SMILES string of the molecule is CCOc1ccc(CN(C)C(=O)Nc2cc(COC)ncn2)cc1. The molecule has 2 rings (SSSR count). The van der Waals surface area contributed by atoms with Crippen molar-refractivity contribution in [1.29, 1.82) is 0 Å². The van der Waals surface area contributed by atoms with Gasteiger partial charge in [0.15, 0.2) is 0 Å². The molecule has 0 atom stereocenters. The predicted molar refractivity (Wildman–Crippen MR) is 90.8 cm³/mol. The standard InChI is InChI=1S/C17H22N4O3/c1-4-24-15-7-5-13(6-8-15)10-21(2)17(22)20-16-9-14(11-23-3)18-12-19-16/h5-9,12H,4,10-11H2,1-3H3,(H,18,19,20,22). The molecule has 0 aliphatic rings. The van der Waals surface area contributed by atoms with Crippen LogP contribution >= 0.6 is 0 Å². The average molecular weight is 330 g/mol. The van der Waals surface area contributed by atoms with Gasteiger partial charge >= 0.3 is 6.03 Å². The summed E-state index contributed by atoms with van der Waals surface area (Å²) in [6.45, 7) is 3.42. The number of amides is 2. The van der Waals surface area contributed by atoms with Crippen molar-refractivity contribution in [2.45, 2.75) is 20.1 Å². The van der Waals surface area contributed by atoms with Gasteiger partial charge in [-0.3, -0.25) is 5.32 Å².